The summed E-state index contributed by atoms with van der Waals surface area (Å²) in [7, 11) is 1.79. The largest absolute Gasteiger partial charge is 0.332 e. The average Bonchev–Trinajstić information content (AvgIpc) is 3.06. The van der Waals surface area contributed by atoms with Gasteiger partial charge in [-0.3, -0.25) is 4.57 Å². The number of nitrogens with two attached hydrogens (primary N) is 1. The number of hydrogen-bond acceptors (Lipinski definition) is 2. The molecule has 1 fully saturated rings. The van der Waals surface area contributed by atoms with Crippen molar-refractivity contribution in [2.45, 2.75) is 38.0 Å². The highest BCUT2D eigenvalue weighted by Crippen LogP contribution is 2.42. The minimum Gasteiger partial charge on any atom is -0.330 e. The highest BCUT2D eigenvalue weighted by Gasteiger charge is 2.36. The first-order valence-electron chi connectivity index (χ1n) is 7.64. The van der Waals surface area contributed by atoms with Crippen LogP contribution in [-0.2, 0) is 12.5 Å². The number of aryl methyl sites for hydroxylation is 2. The van der Waals surface area contributed by atoms with Gasteiger partial charge in [-0.25, -0.2) is 4.79 Å². The Hall–Kier alpha value is -1.81. The van der Waals surface area contributed by atoms with Crippen LogP contribution < -0.4 is 11.4 Å². The van der Waals surface area contributed by atoms with Gasteiger partial charge in [0.1, 0.15) is 0 Å². The van der Waals surface area contributed by atoms with E-state index in [2.05, 4.69) is 12.1 Å². The predicted octanol–water partition coefficient (Wildman–Crippen LogP) is 2.25. The van der Waals surface area contributed by atoms with Crippen molar-refractivity contribution in [2.75, 3.05) is 6.54 Å². The standard InChI is InChI=1S/C17H23N3O/c1-13-11-19(2)16(21)20(13)15-8-4-3-7-14(15)17(12-18)9-5-6-10-17/h3-4,7-8,11H,5-6,9-10,12,18H2,1-2H3. The van der Waals surface area contributed by atoms with Crippen LogP contribution in [0, 0.1) is 6.92 Å². The van der Waals surface area contributed by atoms with Gasteiger partial charge in [-0.2, -0.15) is 0 Å². The van der Waals surface area contributed by atoms with Gasteiger partial charge in [0, 0.05) is 30.9 Å². The molecule has 1 aliphatic carbocycles. The summed E-state index contributed by atoms with van der Waals surface area (Å²) in [5.41, 5.74) is 9.34. The van der Waals surface area contributed by atoms with Gasteiger partial charge < -0.3 is 10.3 Å². The molecule has 0 radical (unpaired) electrons. The number of imidazole rings is 1. The summed E-state index contributed by atoms with van der Waals surface area (Å²) < 4.78 is 3.45. The SMILES string of the molecule is Cc1cn(C)c(=O)n1-c1ccccc1C1(CN)CCCC1. The molecule has 2 aromatic rings. The van der Waals surface area contributed by atoms with Gasteiger partial charge in [-0.05, 0) is 31.4 Å². The third-order valence-corrected chi connectivity index (χ3v) is 4.89. The fourth-order valence-corrected chi connectivity index (χ4v) is 3.75. The zero-order valence-electron chi connectivity index (χ0n) is 12.8. The molecule has 0 saturated heterocycles. The van der Waals surface area contributed by atoms with Crippen LogP contribution in [0.25, 0.3) is 5.69 Å². The van der Waals surface area contributed by atoms with Gasteiger partial charge in [-0.15, -0.1) is 0 Å². The molecule has 3 rings (SSSR count). The molecule has 1 heterocycles. The van der Waals surface area contributed by atoms with Gasteiger partial charge in [0.05, 0.1) is 5.69 Å². The van der Waals surface area contributed by atoms with E-state index in [4.69, 9.17) is 5.73 Å². The van der Waals surface area contributed by atoms with Crippen LogP contribution in [0.1, 0.15) is 36.9 Å². The molecule has 1 aliphatic rings. The first-order chi connectivity index (χ1) is 10.1. The maximum Gasteiger partial charge on any atom is 0.332 e. The fraction of sp³-hybridized carbons (Fsp3) is 0.471. The van der Waals surface area contributed by atoms with Crippen LogP contribution >= 0.6 is 0 Å². The molecular formula is C17H23N3O. The van der Waals surface area contributed by atoms with Crippen molar-refractivity contribution >= 4 is 0 Å². The Morgan fingerprint density at radius 2 is 1.90 bits per heavy atom. The summed E-state index contributed by atoms with van der Waals surface area (Å²) >= 11 is 0. The van der Waals surface area contributed by atoms with Crippen LogP contribution in [0.3, 0.4) is 0 Å². The number of rotatable bonds is 3. The Balaban J connectivity index is 2.23. The molecule has 0 bridgehead atoms. The second-order valence-electron chi connectivity index (χ2n) is 6.21. The van der Waals surface area contributed by atoms with Crippen molar-refractivity contribution in [3.63, 3.8) is 0 Å². The van der Waals surface area contributed by atoms with Gasteiger partial charge in [0.2, 0.25) is 0 Å². The molecular weight excluding hydrogens is 262 g/mol. The van der Waals surface area contributed by atoms with Crippen molar-refractivity contribution in [1.29, 1.82) is 0 Å². The van der Waals surface area contributed by atoms with E-state index in [1.54, 1.807) is 11.6 Å². The molecule has 0 amide bonds. The lowest BCUT2D eigenvalue weighted by molar-refractivity contribution is 0.451. The van der Waals surface area contributed by atoms with Gasteiger partial charge >= 0.3 is 5.69 Å². The Bertz CT molecular complexity index is 705. The van der Waals surface area contributed by atoms with E-state index in [0.29, 0.717) is 6.54 Å². The molecule has 1 aromatic heterocycles. The van der Waals surface area contributed by atoms with E-state index in [9.17, 15) is 4.79 Å². The summed E-state index contributed by atoms with van der Waals surface area (Å²) in [5, 5.41) is 0. The number of hydrogen-bond donors (Lipinski definition) is 1. The van der Waals surface area contributed by atoms with Crippen molar-refractivity contribution in [1.82, 2.24) is 9.13 Å². The second kappa shape index (κ2) is 5.19. The summed E-state index contributed by atoms with van der Waals surface area (Å²) in [6.45, 7) is 2.62. The number of para-hydroxylation sites is 1. The Morgan fingerprint density at radius 3 is 2.48 bits per heavy atom. The fourth-order valence-electron chi connectivity index (χ4n) is 3.75. The minimum atomic E-state index is 0.00474. The van der Waals surface area contributed by atoms with Gasteiger partial charge in [0.15, 0.2) is 0 Å². The third kappa shape index (κ3) is 2.14. The summed E-state index contributed by atoms with van der Waals surface area (Å²) in [4.78, 5) is 12.4. The molecule has 0 unspecified atom stereocenters. The summed E-state index contributed by atoms with van der Waals surface area (Å²) in [6.07, 6.45) is 6.54. The second-order valence-corrected chi connectivity index (χ2v) is 6.21. The minimum absolute atomic E-state index is 0.00474. The lowest BCUT2D eigenvalue weighted by atomic mass is 9.78. The molecule has 0 aliphatic heterocycles. The Labute approximate surface area is 125 Å². The predicted molar refractivity (Wildman–Crippen MR) is 84.9 cm³/mol. The quantitative estimate of drug-likeness (QED) is 0.940. The highest BCUT2D eigenvalue weighted by molar-refractivity contribution is 5.47. The molecule has 21 heavy (non-hydrogen) atoms. The first-order valence-corrected chi connectivity index (χ1v) is 7.64. The monoisotopic (exact) mass is 285 g/mol. The zero-order chi connectivity index (χ0) is 15.0. The lowest BCUT2D eigenvalue weighted by Gasteiger charge is -2.30. The van der Waals surface area contributed by atoms with E-state index >= 15 is 0 Å². The smallest absolute Gasteiger partial charge is 0.330 e. The molecule has 1 aromatic carbocycles. The normalized spacial score (nSPS) is 17.3. The molecule has 112 valence electrons. The van der Waals surface area contributed by atoms with Crippen molar-refractivity contribution < 1.29 is 0 Å². The van der Waals surface area contributed by atoms with E-state index in [1.165, 1.54) is 18.4 Å². The number of aromatic nitrogens is 2. The maximum atomic E-state index is 12.4. The third-order valence-electron chi connectivity index (χ3n) is 4.89. The first kappa shape index (κ1) is 14.1. The summed E-state index contributed by atoms with van der Waals surface area (Å²) in [6, 6.07) is 8.24. The topological polar surface area (TPSA) is 53.0 Å². The molecule has 2 N–H and O–H groups in total. The van der Waals surface area contributed by atoms with Crippen LogP contribution in [0.5, 0.6) is 0 Å². The van der Waals surface area contributed by atoms with Crippen molar-refractivity contribution in [2.24, 2.45) is 12.8 Å². The Kier molecular flexibility index (Phi) is 3.49. The van der Waals surface area contributed by atoms with E-state index in [1.807, 2.05) is 29.8 Å². The average molecular weight is 285 g/mol. The van der Waals surface area contributed by atoms with Crippen LogP contribution in [0.2, 0.25) is 0 Å². The molecule has 4 nitrogen and oxygen atoms in total. The van der Waals surface area contributed by atoms with Gasteiger partial charge in [-0.1, -0.05) is 31.0 Å². The van der Waals surface area contributed by atoms with Crippen LogP contribution in [0.15, 0.2) is 35.3 Å². The Morgan fingerprint density at radius 1 is 1.24 bits per heavy atom. The maximum absolute atomic E-state index is 12.4. The lowest BCUT2D eigenvalue weighted by Crippen LogP contribution is -2.34. The van der Waals surface area contributed by atoms with Crippen LogP contribution in [-0.4, -0.2) is 15.7 Å². The molecule has 0 atom stereocenters. The van der Waals surface area contributed by atoms with Gasteiger partial charge in [0.25, 0.3) is 0 Å². The highest BCUT2D eigenvalue weighted by atomic mass is 16.1. The van der Waals surface area contributed by atoms with Crippen molar-refractivity contribution in [3.8, 4) is 5.69 Å². The van der Waals surface area contributed by atoms with Crippen LogP contribution in [0.4, 0.5) is 0 Å². The van der Waals surface area contributed by atoms with E-state index < -0.39 is 0 Å². The summed E-state index contributed by atoms with van der Waals surface area (Å²) in [5.74, 6) is 0. The van der Waals surface area contributed by atoms with Crippen molar-refractivity contribution in [3.05, 3.63) is 52.2 Å². The molecule has 4 heteroatoms. The zero-order valence-corrected chi connectivity index (χ0v) is 12.8. The molecule has 0 spiro atoms. The number of benzene rings is 1. The molecule has 1 saturated carbocycles. The van der Waals surface area contributed by atoms with E-state index in [-0.39, 0.29) is 11.1 Å². The van der Waals surface area contributed by atoms with E-state index in [0.717, 1.165) is 24.2 Å². The number of nitrogens with zero attached hydrogens (tertiary/aromatic N) is 2.